The lowest BCUT2D eigenvalue weighted by molar-refractivity contribution is -0.704. The largest absolute Gasteiger partial charge is 0.454 e. The highest BCUT2D eigenvalue weighted by Crippen LogP contribution is 2.32. The van der Waals surface area contributed by atoms with Crippen molar-refractivity contribution in [3.63, 3.8) is 0 Å². The molecule has 2 aromatic carbocycles. The normalized spacial score (nSPS) is 15.6. The number of aliphatic hydroxyl groups is 3. The molecule has 0 saturated carbocycles. The van der Waals surface area contributed by atoms with Crippen LogP contribution in [-0.4, -0.2) is 58.9 Å². The third-order valence-electron chi connectivity index (χ3n) is 4.79. The molecule has 0 bridgehead atoms. The zero-order valence-electron chi connectivity index (χ0n) is 16.2. The number of nitrogens with two attached hydrogens (primary N) is 1. The molecule has 0 amide bonds. The molecular formula is C20H25N2O8+. The van der Waals surface area contributed by atoms with E-state index >= 15 is 0 Å². The SMILES string of the molecule is O=[N+]([O-])c1ccc([C@@H](O)[C@H](CO)[NH2+]C[C@@H](O)COCc2ccc3c(c2)OCO3)cc1. The van der Waals surface area contributed by atoms with Crippen LogP contribution >= 0.6 is 0 Å². The highest BCUT2D eigenvalue weighted by molar-refractivity contribution is 5.44. The van der Waals surface area contributed by atoms with E-state index in [2.05, 4.69) is 0 Å². The first kappa shape index (κ1) is 21.9. The second kappa shape index (κ2) is 10.3. The fourth-order valence-electron chi connectivity index (χ4n) is 3.09. The number of non-ortho nitro benzene ring substituents is 1. The van der Waals surface area contributed by atoms with Gasteiger partial charge < -0.3 is 34.8 Å². The number of hydrogen-bond donors (Lipinski definition) is 4. The molecule has 3 atom stereocenters. The number of rotatable bonds is 11. The van der Waals surface area contributed by atoms with Gasteiger partial charge in [0.15, 0.2) is 11.5 Å². The van der Waals surface area contributed by atoms with Gasteiger partial charge in [-0.2, -0.15) is 0 Å². The maximum absolute atomic E-state index is 10.7. The zero-order chi connectivity index (χ0) is 21.5. The zero-order valence-corrected chi connectivity index (χ0v) is 16.2. The molecule has 0 radical (unpaired) electrons. The molecule has 0 unspecified atom stereocenters. The quantitative estimate of drug-likeness (QED) is 0.289. The maximum Gasteiger partial charge on any atom is 0.269 e. The molecule has 0 fully saturated rings. The maximum atomic E-state index is 10.7. The summed E-state index contributed by atoms with van der Waals surface area (Å²) in [6.07, 6.45) is -1.85. The second-order valence-electron chi connectivity index (χ2n) is 6.97. The lowest BCUT2D eigenvalue weighted by Crippen LogP contribution is -2.94. The van der Waals surface area contributed by atoms with E-state index < -0.39 is 23.2 Å². The van der Waals surface area contributed by atoms with Crippen molar-refractivity contribution in [2.45, 2.75) is 24.9 Å². The predicted octanol–water partition coefficient (Wildman–Crippen LogP) is -0.141. The lowest BCUT2D eigenvalue weighted by atomic mass is 10.0. The summed E-state index contributed by atoms with van der Waals surface area (Å²) in [7, 11) is 0. The monoisotopic (exact) mass is 421 g/mol. The van der Waals surface area contributed by atoms with E-state index in [-0.39, 0.29) is 32.2 Å². The van der Waals surface area contributed by atoms with Crippen LogP contribution in [0.1, 0.15) is 17.2 Å². The summed E-state index contributed by atoms with van der Waals surface area (Å²) in [6, 6.07) is 10.3. The van der Waals surface area contributed by atoms with Gasteiger partial charge in [0.1, 0.15) is 24.8 Å². The van der Waals surface area contributed by atoms with Crippen LogP contribution in [0, 0.1) is 10.1 Å². The van der Waals surface area contributed by atoms with Gasteiger partial charge in [0.2, 0.25) is 6.79 Å². The Labute approximate surface area is 172 Å². The third-order valence-corrected chi connectivity index (χ3v) is 4.79. The summed E-state index contributed by atoms with van der Waals surface area (Å²) in [5.41, 5.74) is 1.26. The molecule has 162 valence electrons. The molecule has 1 aliphatic heterocycles. The van der Waals surface area contributed by atoms with Crippen molar-refractivity contribution < 1.29 is 39.8 Å². The Morgan fingerprint density at radius 2 is 1.87 bits per heavy atom. The Morgan fingerprint density at radius 1 is 1.13 bits per heavy atom. The van der Waals surface area contributed by atoms with Crippen molar-refractivity contribution in [3.8, 4) is 11.5 Å². The molecule has 1 aliphatic rings. The molecule has 0 spiro atoms. The second-order valence-corrected chi connectivity index (χ2v) is 6.97. The van der Waals surface area contributed by atoms with Crippen LogP contribution in [0.3, 0.4) is 0 Å². The van der Waals surface area contributed by atoms with Crippen molar-refractivity contribution in [1.82, 2.24) is 0 Å². The topological polar surface area (TPSA) is 148 Å². The van der Waals surface area contributed by atoms with Crippen molar-refractivity contribution in [2.24, 2.45) is 0 Å². The van der Waals surface area contributed by atoms with Crippen molar-refractivity contribution in [1.29, 1.82) is 0 Å². The number of nitro groups is 1. The molecule has 3 rings (SSSR count). The molecule has 2 aromatic rings. The minimum Gasteiger partial charge on any atom is -0.454 e. The average Bonchev–Trinajstić information content (AvgIpc) is 3.22. The van der Waals surface area contributed by atoms with E-state index in [1.54, 1.807) is 11.4 Å². The van der Waals surface area contributed by atoms with E-state index in [9.17, 15) is 25.4 Å². The minimum absolute atomic E-state index is 0.0782. The predicted molar refractivity (Wildman–Crippen MR) is 104 cm³/mol. The summed E-state index contributed by atoms with van der Waals surface area (Å²) in [4.78, 5) is 10.2. The molecular weight excluding hydrogens is 396 g/mol. The van der Waals surface area contributed by atoms with E-state index in [0.29, 0.717) is 23.7 Å². The summed E-state index contributed by atoms with van der Waals surface area (Å²) in [5.74, 6) is 1.35. The first-order chi connectivity index (χ1) is 14.5. The molecule has 5 N–H and O–H groups in total. The van der Waals surface area contributed by atoms with Crippen molar-refractivity contribution >= 4 is 5.69 Å². The number of aliphatic hydroxyl groups excluding tert-OH is 3. The summed E-state index contributed by atoms with van der Waals surface area (Å²) in [6.45, 7) is 0.449. The van der Waals surface area contributed by atoms with Crippen LogP contribution in [0.5, 0.6) is 11.5 Å². The van der Waals surface area contributed by atoms with Crippen LogP contribution in [0.2, 0.25) is 0 Å². The number of fused-ring (bicyclic) bond motifs is 1. The molecule has 30 heavy (non-hydrogen) atoms. The number of nitrogens with zero attached hydrogens (tertiary/aromatic N) is 1. The molecule has 0 aliphatic carbocycles. The van der Waals surface area contributed by atoms with Crippen LogP contribution in [0.25, 0.3) is 0 Å². The van der Waals surface area contributed by atoms with Crippen LogP contribution in [0.4, 0.5) is 5.69 Å². The molecule has 10 nitrogen and oxygen atoms in total. The number of nitro benzene ring substituents is 1. The van der Waals surface area contributed by atoms with Crippen LogP contribution in [-0.2, 0) is 11.3 Å². The summed E-state index contributed by atoms with van der Waals surface area (Å²) < 4.78 is 16.1. The van der Waals surface area contributed by atoms with E-state index in [0.717, 1.165) is 5.56 Å². The van der Waals surface area contributed by atoms with E-state index in [1.165, 1.54) is 24.3 Å². The summed E-state index contributed by atoms with van der Waals surface area (Å²) in [5, 5.41) is 42.5. The number of ether oxygens (including phenoxy) is 3. The molecule has 0 saturated heterocycles. The standard InChI is InChI=1S/C20H24N2O8/c23-9-17(20(25)14-2-4-15(5-3-14)22(26)27)21-8-16(24)11-28-10-13-1-6-18-19(7-13)30-12-29-18/h1-7,16-17,20-21,23-25H,8-12H2/p+1/t16-,17+,20-/m1/s1. The highest BCUT2D eigenvalue weighted by atomic mass is 16.7. The Morgan fingerprint density at radius 3 is 2.57 bits per heavy atom. The average molecular weight is 421 g/mol. The van der Waals surface area contributed by atoms with Crippen LogP contribution in [0.15, 0.2) is 42.5 Å². The van der Waals surface area contributed by atoms with Gasteiger partial charge in [0.05, 0.1) is 24.7 Å². The van der Waals surface area contributed by atoms with E-state index in [1.807, 2.05) is 12.1 Å². The molecule has 1 heterocycles. The van der Waals surface area contributed by atoms with Gasteiger partial charge in [0, 0.05) is 12.1 Å². The number of quaternary nitrogens is 1. The highest BCUT2D eigenvalue weighted by Gasteiger charge is 2.25. The van der Waals surface area contributed by atoms with Gasteiger partial charge in [-0.3, -0.25) is 10.1 Å². The van der Waals surface area contributed by atoms with Gasteiger partial charge in [-0.15, -0.1) is 0 Å². The first-order valence-electron chi connectivity index (χ1n) is 9.49. The lowest BCUT2D eigenvalue weighted by Gasteiger charge is -2.21. The van der Waals surface area contributed by atoms with E-state index in [4.69, 9.17) is 14.2 Å². The Balaban J connectivity index is 1.43. The van der Waals surface area contributed by atoms with Gasteiger partial charge in [0.25, 0.3) is 5.69 Å². The molecule has 10 heteroatoms. The molecule has 0 aromatic heterocycles. The van der Waals surface area contributed by atoms with Gasteiger partial charge in [-0.25, -0.2) is 0 Å². The fraction of sp³-hybridized carbons (Fsp3) is 0.400. The van der Waals surface area contributed by atoms with Crippen molar-refractivity contribution in [3.05, 3.63) is 63.7 Å². The number of benzene rings is 2. The number of hydrogen-bond acceptors (Lipinski definition) is 8. The Hall–Kier alpha value is -2.76. The first-order valence-corrected chi connectivity index (χ1v) is 9.49. The Bertz CT molecular complexity index is 845. The fourth-order valence-corrected chi connectivity index (χ4v) is 3.09. The van der Waals surface area contributed by atoms with Gasteiger partial charge in [-0.1, -0.05) is 6.07 Å². The van der Waals surface area contributed by atoms with Crippen LogP contribution < -0.4 is 14.8 Å². The third kappa shape index (κ3) is 5.65. The van der Waals surface area contributed by atoms with Gasteiger partial charge in [-0.05, 0) is 35.4 Å². The minimum atomic E-state index is -1.04. The summed E-state index contributed by atoms with van der Waals surface area (Å²) >= 11 is 0. The smallest absolute Gasteiger partial charge is 0.269 e. The Kier molecular flexibility index (Phi) is 7.55. The van der Waals surface area contributed by atoms with Crippen molar-refractivity contribution in [2.75, 3.05) is 26.6 Å². The van der Waals surface area contributed by atoms with Gasteiger partial charge >= 0.3 is 0 Å².